The van der Waals surface area contributed by atoms with Crippen molar-refractivity contribution in [1.29, 1.82) is 0 Å². The Bertz CT molecular complexity index is 939. The van der Waals surface area contributed by atoms with Gasteiger partial charge >= 0.3 is 0 Å². The Hall–Kier alpha value is -3.21. The number of anilines is 2. The number of nitrogens with one attached hydrogen (secondary N) is 2. The van der Waals surface area contributed by atoms with Crippen LogP contribution in [0.15, 0.2) is 60.9 Å². The molecule has 0 spiro atoms. The molecule has 0 aliphatic heterocycles. The van der Waals surface area contributed by atoms with Crippen LogP contribution < -0.4 is 10.6 Å². The molecule has 0 aliphatic rings. The maximum Gasteiger partial charge on any atom is 0.252 e. The van der Waals surface area contributed by atoms with E-state index >= 15 is 0 Å². The smallest absolute Gasteiger partial charge is 0.252 e. The molecule has 0 saturated heterocycles. The Morgan fingerprint density at radius 1 is 0.963 bits per heavy atom. The van der Waals surface area contributed by atoms with Gasteiger partial charge in [0.05, 0.1) is 17.4 Å². The highest BCUT2D eigenvalue weighted by molar-refractivity contribution is 5.94. The van der Waals surface area contributed by atoms with Gasteiger partial charge in [-0.2, -0.15) is 0 Å². The maximum absolute atomic E-state index is 12.9. The second-order valence-corrected chi connectivity index (χ2v) is 6.52. The first-order valence-electron chi connectivity index (χ1n) is 8.83. The molecule has 0 bridgehead atoms. The SMILES string of the molecule is Cc1ccc(Nc2cncc(C(=O)NCCc3ccc(F)cc3)c2)cc1C. The average Bonchev–Trinajstić information content (AvgIpc) is 2.66. The fourth-order valence-corrected chi connectivity index (χ4v) is 2.69. The van der Waals surface area contributed by atoms with Crippen molar-refractivity contribution in [3.63, 3.8) is 0 Å². The molecule has 4 nitrogen and oxygen atoms in total. The van der Waals surface area contributed by atoms with E-state index in [-0.39, 0.29) is 11.7 Å². The van der Waals surface area contributed by atoms with E-state index in [2.05, 4.69) is 41.6 Å². The van der Waals surface area contributed by atoms with E-state index in [1.54, 1.807) is 30.6 Å². The van der Waals surface area contributed by atoms with Crippen LogP contribution in [-0.2, 0) is 6.42 Å². The highest BCUT2D eigenvalue weighted by atomic mass is 19.1. The zero-order valence-electron chi connectivity index (χ0n) is 15.4. The van der Waals surface area contributed by atoms with Gasteiger partial charge in [0.15, 0.2) is 0 Å². The van der Waals surface area contributed by atoms with E-state index in [4.69, 9.17) is 0 Å². The molecule has 0 aliphatic carbocycles. The molecule has 1 aromatic heterocycles. The molecule has 2 N–H and O–H groups in total. The minimum atomic E-state index is -0.262. The van der Waals surface area contributed by atoms with E-state index in [1.165, 1.54) is 23.3 Å². The number of aromatic nitrogens is 1. The van der Waals surface area contributed by atoms with Crippen LogP contribution in [0.4, 0.5) is 15.8 Å². The molecule has 5 heteroatoms. The third-order valence-corrected chi connectivity index (χ3v) is 4.41. The van der Waals surface area contributed by atoms with Crippen LogP contribution in [0.3, 0.4) is 0 Å². The van der Waals surface area contributed by atoms with Crippen LogP contribution in [-0.4, -0.2) is 17.4 Å². The monoisotopic (exact) mass is 363 g/mol. The van der Waals surface area contributed by atoms with Crippen LogP contribution in [0.25, 0.3) is 0 Å². The number of amides is 1. The molecule has 0 radical (unpaired) electrons. The molecule has 138 valence electrons. The summed E-state index contributed by atoms with van der Waals surface area (Å²) < 4.78 is 12.9. The molecule has 0 atom stereocenters. The van der Waals surface area contributed by atoms with E-state index in [0.29, 0.717) is 18.5 Å². The van der Waals surface area contributed by atoms with Gasteiger partial charge in [-0.3, -0.25) is 9.78 Å². The minimum absolute atomic E-state index is 0.187. The summed E-state index contributed by atoms with van der Waals surface area (Å²) >= 11 is 0. The Morgan fingerprint density at radius 3 is 2.48 bits per heavy atom. The van der Waals surface area contributed by atoms with Crippen molar-refractivity contribution in [3.05, 3.63) is 89.0 Å². The van der Waals surface area contributed by atoms with E-state index in [9.17, 15) is 9.18 Å². The number of nitrogens with zero attached hydrogens (tertiary/aromatic N) is 1. The standard InChI is InChI=1S/C22H22FN3O/c1-15-3-8-20(11-16(15)2)26-21-12-18(13-24-14-21)22(27)25-10-9-17-4-6-19(23)7-5-17/h3-8,11-14,26H,9-10H2,1-2H3,(H,25,27). The third kappa shape index (κ3) is 5.14. The van der Waals surface area contributed by atoms with Crippen molar-refractivity contribution >= 4 is 17.3 Å². The van der Waals surface area contributed by atoms with Gasteiger partial charge in [0, 0.05) is 18.4 Å². The molecular formula is C22H22FN3O. The average molecular weight is 363 g/mol. The molecule has 3 rings (SSSR count). The molecule has 2 aromatic carbocycles. The lowest BCUT2D eigenvalue weighted by atomic mass is 10.1. The fourth-order valence-electron chi connectivity index (χ4n) is 2.69. The van der Waals surface area contributed by atoms with Gasteiger partial charge in [-0.15, -0.1) is 0 Å². The Morgan fingerprint density at radius 2 is 1.74 bits per heavy atom. The quantitative estimate of drug-likeness (QED) is 0.675. The predicted octanol–water partition coefficient (Wildman–Crippen LogP) is 4.55. The van der Waals surface area contributed by atoms with Gasteiger partial charge in [0.25, 0.3) is 5.91 Å². The van der Waals surface area contributed by atoms with Crippen LogP contribution in [0.1, 0.15) is 27.0 Å². The van der Waals surface area contributed by atoms with Gasteiger partial charge in [-0.1, -0.05) is 18.2 Å². The second-order valence-electron chi connectivity index (χ2n) is 6.52. The zero-order chi connectivity index (χ0) is 19.2. The zero-order valence-corrected chi connectivity index (χ0v) is 15.4. The lowest BCUT2D eigenvalue weighted by molar-refractivity contribution is 0.0954. The summed E-state index contributed by atoms with van der Waals surface area (Å²) in [6, 6.07) is 14.2. The van der Waals surface area contributed by atoms with Crippen LogP contribution in [0.5, 0.6) is 0 Å². The fraction of sp³-hybridized carbons (Fsp3) is 0.182. The lowest BCUT2D eigenvalue weighted by Gasteiger charge is -2.10. The third-order valence-electron chi connectivity index (χ3n) is 4.41. The molecule has 0 fully saturated rings. The molecule has 27 heavy (non-hydrogen) atoms. The normalized spacial score (nSPS) is 10.5. The van der Waals surface area contributed by atoms with Crippen molar-refractivity contribution < 1.29 is 9.18 Å². The lowest BCUT2D eigenvalue weighted by Crippen LogP contribution is -2.25. The molecule has 1 heterocycles. The van der Waals surface area contributed by atoms with Crippen molar-refractivity contribution in [2.24, 2.45) is 0 Å². The number of rotatable bonds is 6. The van der Waals surface area contributed by atoms with Gasteiger partial charge < -0.3 is 10.6 Å². The number of aryl methyl sites for hydroxylation is 2. The molecule has 3 aromatic rings. The number of halogens is 1. The van der Waals surface area contributed by atoms with E-state index in [1.807, 2.05) is 6.07 Å². The number of hydrogen-bond donors (Lipinski definition) is 2. The van der Waals surface area contributed by atoms with Crippen molar-refractivity contribution in [2.45, 2.75) is 20.3 Å². The Labute approximate surface area is 158 Å². The first-order chi connectivity index (χ1) is 13.0. The van der Waals surface area contributed by atoms with Crippen molar-refractivity contribution in [3.8, 4) is 0 Å². The van der Waals surface area contributed by atoms with Gasteiger partial charge in [0.2, 0.25) is 0 Å². The van der Waals surface area contributed by atoms with Crippen LogP contribution >= 0.6 is 0 Å². The van der Waals surface area contributed by atoms with Crippen molar-refractivity contribution in [1.82, 2.24) is 10.3 Å². The van der Waals surface area contributed by atoms with Gasteiger partial charge in [-0.05, 0) is 67.3 Å². The maximum atomic E-state index is 12.9. The predicted molar refractivity (Wildman–Crippen MR) is 106 cm³/mol. The topological polar surface area (TPSA) is 54.0 Å². The summed E-state index contributed by atoms with van der Waals surface area (Å²) in [5.41, 5.74) is 5.59. The number of carbonyl (C=O) groups is 1. The molecule has 0 saturated carbocycles. The highest BCUT2D eigenvalue weighted by Crippen LogP contribution is 2.19. The largest absolute Gasteiger partial charge is 0.354 e. The molecular weight excluding hydrogens is 341 g/mol. The van der Waals surface area contributed by atoms with E-state index < -0.39 is 0 Å². The Balaban J connectivity index is 1.59. The highest BCUT2D eigenvalue weighted by Gasteiger charge is 2.07. The van der Waals surface area contributed by atoms with Crippen molar-refractivity contribution in [2.75, 3.05) is 11.9 Å². The van der Waals surface area contributed by atoms with Crippen LogP contribution in [0, 0.1) is 19.7 Å². The van der Waals surface area contributed by atoms with Gasteiger partial charge in [-0.25, -0.2) is 4.39 Å². The second kappa shape index (κ2) is 8.45. The summed E-state index contributed by atoms with van der Waals surface area (Å²) in [6.45, 7) is 4.60. The number of hydrogen-bond acceptors (Lipinski definition) is 3. The van der Waals surface area contributed by atoms with E-state index in [0.717, 1.165) is 16.9 Å². The first-order valence-corrected chi connectivity index (χ1v) is 8.83. The van der Waals surface area contributed by atoms with Gasteiger partial charge in [0.1, 0.15) is 5.82 Å². The summed E-state index contributed by atoms with van der Waals surface area (Å²) in [6.07, 6.45) is 3.86. The number of carbonyl (C=O) groups excluding carboxylic acids is 1. The first kappa shape index (κ1) is 18.6. The Kier molecular flexibility index (Phi) is 5.81. The molecule has 1 amide bonds. The summed E-state index contributed by atoms with van der Waals surface area (Å²) in [7, 11) is 0. The summed E-state index contributed by atoms with van der Waals surface area (Å²) in [5, 5.41) is 6.15. The number of benzene rings is 2. The minimum Gasteiger partial charge on any atom is -0.354 e. The van der Waals surface area contributed by atoms with Crippen LogP contribution in [0.2, 0.25) is 0 Å². The summed E-state index contributed by atoms with van der Waals surface area (Å²) in [4.78, 5) is 16.5. The molecule has 0 unspecified atom stereocenters. The number of pyridine rings is 1. The summed E-state index contributed by atoms with van der Waals surface area (Å²) in [5.74, 6) is -0.449.